The number of hydrogen-bond donors (Lipinski definition) is 5. The van der Waals surface area contributed by atoms with E-state index in [2.05, 4.69) is 10.2 Å². The maximum atomic E-state index is 12.3. The van der Waals surface area contributed by atoms with Gasteiger partial charge in [-0.05, 0) is 43.9 Å². The Morgan fingerprint density at radius 2 is 1.97 bits per heavy atom. The molecule has 0 radical (unpaired) electrons. The average molecular weight is 465 g/mol. The first-order valence-electron chi connectivity index (χ1n) is 10.2. The minimum Gasteiger partial charge on any atom is -0.480 e. The predicted octanol–water partition coefficient (Wildman–Crippen LogP) is 0.800. The van der Waals surface area contributed by atoms with Crippen LogP contribution >= 0.6 is 0 Å². The van der Waals surface area contributed by atoms with Gasteiger partial charge in [-0.3, -0.25) is 24.5 Å². The van der Waals surface area contributed by atoms with E-state index in [1.54, 1.807) is 25.1 Å². The molecule has 1 aromatic carbocycles. The quantitative estimate of drug-likeness (QED) is 0.0701. The van der Waals surface area contributed by atoms with Gasteiger partial charge in [0.25, 0.3) is 0 Å². The molecule has 12 heteroatoms. The van der Waals surface area contributed by atoms with Crippen LogP contribution in [-0.2, 0) is 25.7 Å². The molecule has 2 rings (SSSR count). The summed E-state index contributed by atoms with van der Waals surface area (Å²) in [6, 6.07) is 3.76. The number of carbonyl (C=O) groups is 3. The highest BCUT2D eigenvalue weighted by Crippen LogP contribution is 2.21. The van der Waals surface area contributed by atoms with Gasteiger partial charge in [0, 0.05) is 23.7 Å². The summed E-state index contributed by atoms with van der Waals surface area (Å²) in [7, 11) is 0. The van der Waals surface area contributed by atoms with Gasteiger partial charge < -0.3 is 25.7 Å². The topological polar surface area (TPSA) is 193 Å². The molecule has 0 aliphatic carbocycles. The number of carboxylic acids is 2. The van der Waals surface area contributed by atoms with E-state index in [9.17, 15) is 24.3 Å². The van der Waals surface area contributed by atoms with Crippen molar-refractivity contribution >= 4 is 34.5 Å². The fourth-order valence-electron chi connectivity index (χ4n) is 3.48. The van der Waals surface area contributed by atoms with E-state index in [1.807, 2.05) is 0 Å². The number of benzene rings is 1. The van der Waals surface area contributed by atoms with Gasteiger partial charge in [-0.15, -0.1) is 0 Å². The fourth-order valence-corrected chi connectivity index (χ4v) is 3.48. The van der Waals surface area contributed by atoms with Crippen LogP contribution in [0.4, 0.5) is 5.69 Å². The minimum atomic E-state index is -1.26. The molecule has 0 spiro atoms. The summed E-state index contributed by atoms with van der Waals surface area (Å²) in [6.07, 6.45) is 0.684. The largest absolute Gasteiger partial charge is 0.480 e. The number of aryl methyl sites for hydroxylation is 1. The molecule has 0 fully saturated rings. The molecular weight excluding hydrogens is 438 g/mol. The van der Waals surface area contributed by atoms with Crippen LogP contribution in [0, 0.1) is 6.92 Å². The van der Waals surface area contributed by atoms with Crippen molar-refractivity contribution in [2.45, 2.75) is 38.6 Å². The van der Waals surface area contributed by atoms with Crippen molar-refractivity contribution in [3.8, 4) is 0 Å². The molecule has 1 amide bonds. The Hall–Kier alpha value is -3.48. The minimum absolute atomic E-state index is 0.0817. The molecule has 2 aromatic rings. The van der Waals surface area contributed by atoms with Gasteiger partial charge in [0.1, 0.15) is 18.4 Å². The fraction of sp³-hybridized carbons (Fsp3) is 0.429. The van der Waals surface area contributed by atoms with Crippen LogP contribution in [0.25, 0.3) is 11.0 Å². The highest BCUT2D eigenvalue weighted by Gasteiger charge is 2.27. The van der Waals surface area contributed by atoms with Gasteiger partial charge in [0.2, 0.25) is 5.91 Å². The molecule has 0 aliphatic heterocycles. The second-order valence-electron chi connectivity index (χ2n) is 7.52. The molecule has 12 nitrogen and oxygen atoms in total. The van der Waals surface area contributed by atoms with Crippen molar-refractivity contribution in [2.75, 3.05) is 25.6 Å². The maximum Gasteiger partial charge on any atom is 0.340 e. The number of carboxylic acid groups (broad SMARTS) is 2. The smallest absolute Gasteiger partial charge is 0.340 e. The molecule has 0 unspecified atom stereocenters. The Balaban J connectivity index is 1.89. The molecule has 1 atom stereocenters. The molecule has 0 saturated carbocycles. The Labute approximate surface area is 188 Å². The van der Waals surface area contributed by atoms with Crippen molar-refractivity contribution < 1.29 is 39.2 Å². The van der Waals surface area contributed by atoms with Crippen molar-refractivity contribution in [1.82, 2.24) is 10.2 Å². The van der Waals surface area contributed by atoms with Crippen LogP contribution < -0.4 is 16.7 Å². The number of unbranched alkanes of at least 4 members (excludes halogenated alkanes) is 1. The third-order valence-corrected chi connectivity index (χ3v) is 5.16. The number of carbonyl (C=O) groups excluding carboxylic acids is 1. The normalized spacial score (nSPS) is 12.1. The zero-order chi connectivity index (χ0) is 24.5. The van der Waals surface area contributed by atoms with Crippen molar-refractivity contribution in [1.29, 1.82) is 0 Å². The maximum absolute atomic E-state index is 12.3. The molecule has 33 heavy (non-hydrogen) atoms. The Morgan fingerprint density at radius 1 is 1.24 bits per heavy atom. The lowest BCUT2D eigenvalue weighted by Gasteiger charge is -2.25. The highest BCUT2D eigenvalue weighted by atomic mass is 17.1. The molecule has 0 aliphatic rings. The van der Waals surface area contributed by atoms with E-state index in [1.165, 1.54) is 0 Å². The summed E-state index contributed by atoms with van der Waals surface area (Å²) in [6.45, 7) is 0.771. The zero-order valence-electron chi connectivity index (χ0n) is 18.1. The SMILES string of the molecule is Cc1c(CC(=O)NCCCC[C@@H](C(=O)O)N(COO)CC(=O)O)c(=O)oc2cc(N)ccc12. The highest BCUT2D eigenvalue weighted by molar-refractivity contribution is 5.86. The monoisotopic (exact) mass is 465 g/mol. The van der Waals surface area contributed by atoms with Crippen molar-refractivity contribution in [3.05, 3.63) is 39.7 Å². The number of aliphatic carboxylic acids is 2. The first-order chi connectivity index (χ1) is 15.6. The molecule has 0 bridgehead atoms. The second kappa shape index (κ2) is 11.9. The van der Waals surface area contributed by atoms with Gasteiger partial charge >= 0.3 is 17.6 Å². The Kier molecular flexibility index (Phi) is 9.33. The van der Waals surface area contributed by atoms with Crippen molar-refractivity contribution in [3.63, 3.8) is 0 Å². The van der Waals surface area contributed by atoms with Gasteiger partial charge in [0.05, 0.1) is 18.5 Å². The third kappa shape index (κ3) is 7.27. The summed E-state index contributed by atoms with van der Waals surface area (Å²) in [4.78, 5) is 51.8. The first kappa shape index (κ1) is 25.8. The van der Waals surface area contributed by atoms with Crippen LogP contribution in [0.15, 0.2) is 27.4 Å². The molecule has 1 aromatic heterocycles. The number of hydrogen-bond acceptors (Lipinski definition) is 9. The molecule has 180 valence electrons. The van der Waals surface area contributed by atoms with E-state index in [0.717, 1.165) is 4.90 Å². The average Bonchev–Trinajstić information content (AvgIpc) is 2.72. The summed E-state index contributed by atoms with van der Waals surface area (Å²) >= 11 is 0. The van der Waals surface area contributed by atoms with Gasteiger partial charge in [0.15, 0.2) is 0 Å². The molecular formula is C21H27N3O9. The first-order valence-corrected chi connectivity index (χ1v) is 10.2. The molecule has 1 heterocycles. The van der Waals surface area contributed by atoms with Crippen LogP contribution in [0.2, 0.25) is 0 Å². The lowest BCUT2D eigenvalue weighted by molar-refractivity contribution is -0.272. The summed E-state index contributed by atoms with van der Waals surface area (Å²) in [5, 5.41) is 30.2. The van der Waals surface area contributed by atoms with Gasteiger partial charge in [-0.25, -0.2) is 9.68 Å². The number of amides is 1. The Bertz CT molecular complexity index is 1070. The number of anilines is 1. The van der Waals surface area contributed by atoms with Crippen LogP contribution in [0.3, 0.4) is 0 Å². The lowest BCUT2D eigenvalue weighted by Crippen LogP contribution is -2.45. The second-order valence-corrected chi connectivity index (χ2v) is 7.52. The number of nitrogen functional groups attached to an aromatic ring is 1. The van der Waals surface area contributed by atoms with Crippen LogP contribution in [0.5, 0.6) is 0 Å². The van der Waals surface area contributed by atoms with Crippen LogP contribution in [-0.4, -0.2) is 64.1 Å². The standard InChI is InChI=1S/C21H27N3O9/c1-12-14-6-5-13(22)8-17(14)33-21(30)15(12)9-18(25)23-7-3-2-4-16(20(28)29)24(11-32-31)10-19(26)27/h5-6,8,16,31H,2-4,7,9-11,22H2,1H3,(H,23,25)(H,26,27)(H,28,29)/t16-/m0/s1. The summed E-state index contributed by atoms with van der Waals surface area (Å²) < 4.78 is 5.27. The number of fused-ring (bicyclic) bond motifs is 1. The lowest BCUT2D eigenvalue weighted by atomic mass is 10.0. The number of nitrogens with zero attached hydrogens (tertiary/aromatic N) is 1. The Morgan fingerprint density at radius 3 is 2.61 bits per heavy atom. The van der Waals surface area contributed by atoms with E-state index in [-0.39, 0.29) is 24.9 Å². The predicted molar refractivity (Wildman–Crippen MR) is 117 cm³/mol. The van der Waals surface area contributed by atoms with E-state index < -0.39 is 42.8 Å². The van der Waals surface area contributed by atoms with Crippen molar-refractivity contribution in [2.24, 2.45) is 0 Å². The summed E-state index contributed by atoms with van der Waals surface area (Å²) in [5.74, 6) is -2.91. The van der Waals surface area contributed by atoms with E-state index in [4.69, 9.17) is 20.5 Å². The third-order valence-electron chi connectivity index (χ3n) is 5.16. The zero-order valence-corrected chi connectivity index (χ0v) is 18.1. The van der Waals surface area contributed by atoms with Crippen LogP contribution in [0.1, 0.15) is 30.4 Å². The molecule has 6 N–H and O–H groups in total. The molecule has 0 saturated heterocycles. The summed E-state index contributed by atoms with van der Waals surface area (Å²) in [5.41, 5.74) is 6.76. The van der Waals surface area contributed by atoms with E-state index >= 15 is 0 Å². The van der Waals surface area contributed by atoms with E-state index in [0.29, 0.717) is 35.1 Å². The number of nitrogens with two attached hydrogens (primary N) is 1. The van der Waals surface area contributed by atoms with Gasteiger partial charge in [-0.1, -0.05) is 0 Å². The number of nitrogens with one attached hydrogen (secondary N) is 1. The number of rotatable bonds is 13. The van der Waals surface area contributed by atoms with Gasteiger partial charge in [-0.2, -0.15) is 0 Å².